The fourth-order valence-electron chi connectivity index (χ4n) is 1.58. The summed E-state index contributed by atoms with van der Waals surface area (Å²) >= 11 is 3.40. The van der Waals surface area contributed by atoms with Crippen molar-refractivity contribution in [2.24, 2.45) is 5.73 Å². The van der Waals surface area contributed by atoms with Crippen LogP contribution in [-0.4, -0.2) is 11.2 Å². The lowest BCUT2D eigenvalue weighted by Crippen LogP contribution is -2.36. The second-order valence-corrected chi connectivity index (χ2v) is 4.90. The Kier molecular flexibility index (Phi) is 5.81. The van der Waals surface area contributed by atoms with Crippen molar-refractivity contribution >= 4 is 28.3 Å². The van der Waals surface area contributed by atoms with Gasteiger partial charge < -0.3 is 10.8 Å². The summed E-state index contributed by atoms with van der Waals surface area (Å²) in [6.45, 7) is 3.69. The number of hydrogen-bond acceptors (Lipinski definition) is 2. The average molecular weight is 295 g/mol. The molecule has 15 heavy (non-hydrogen) atoms. The molecule has 0 spiro atoms. The molecule has 2 atom stereocenters. The van der Waals surface area contributed by atoms with Crippen LogP contribution >= 0.6 is 28.3 Å². The Morgan fingerprint density at radius 3 is 2.60 bits per heavy atom. The summed E-state index contributed by atoms with van der Waals surface area (Å²) in [5, 5.41) is 9.33. The molecule has 1 aromatic carbocycles. The Balaban J connectivity index is 0.00000196. The highest BCUT2D eigenvalue weighted by atomic mass is 79.9. The van der Waals surface area contributed by atoms with E-state index in [0.717, 1.165) is 10.0 Å². The molecule has 0 saturated heterocycles. The van der Waals surface area contributed by atoms with Gasteiger partial charge in [-0.25, -0.2) is 0 Å². The Hall–Kier alpha value is -0.0900. The molecular formula is C11H17BrClNO. The lowest BCUT2D eigenvalue weighted by molar-refractivity contribution is 0.153. The minimum atomic E-state index is -0.474. The predicted molar refractivity (Wildman–Crippen MR) is 69.2 cm³/mol. The third kappa shape index (κ3) is 4.51. The van der Waals surface area contributed by atoms with Crippen LogP contribution in [0.25, 0.3) is 0 Å². The summed E-state index contributed by atoms with van der Waals surface area (Å²) in [5.41, 5.74) is 6.69. The largest absolute Gasteiger partial charge is 0.393 e. The minimum absolute atomic E-state index is 0. The van der Waals surface area contributed by atoms with Gasteiger partial charge in [-0.05, 0) is 38.0 Å². The summed E-state index contributed by atoms with van der Waals surface area (Å²) in [5.74, 6) is 0. The van der Waals surface area contributed by atoms with Crippen LogP contribution in [0.5, 0.6) is 0 Å². The van der Waals surface area contributed by atoms with Gasteiger partial charge in [-0.3, -0.25) is 0 Å². The van der Waals surface area contributed by atoms with Crippen molar-refractivity contribution in [3.8, 4) is 0 Å². The van der Waals surface area contributed by atoms with Crippen molar-refractivity contribution in [1.29, 1.82) is 0 Å². The zero-order chi connectivity index (χ0) is 10.8. The Morgan fingerprint density at radius 1 is 1.53 bits per heavy atom. The van der Waals surface area contributed by atoms with E-state index in [1.165, 1.54) is 0 Å². The second kappa shape index (κ2) is 5.85. The van der Waals surface area contributed by atoms with Crippen LogP contribution in [0.1, 0.15) is 25.8 Å². The van der Waals surface area contributed by atoms with Crippen LogP contribution < -0.4 is 5.73 Å². The van der Waals surface area contributed by atoms with E-state index < -0.39 is 5.54 Å². The normalized spacial score (nSPS) is 16.3. The van der Waals surface area contributed by atoms with Gasteiger partial charge in [-0.1, -0.05) is 28.1 Å². The Morgan fingerprint density at radius 2 is 2.13 bits per heavy atom. The van der Waals surface area contributed by atoms with Crippen LogP contribution in [0.15, 0.2) is 28.7 Å². The maximum atomic E-state index is 9.33. The highest BCUT2D eigenvalue weighted by Gasteiger charge is 2.23. The fourth-order valence-corrected chi connectivity index (χ4v) is 1.97. The lowest BCUT2D eigenvalue weighted by Gasteiger charge is -2.26. The van der Waals surface area contributed by atoms with E-state index >= 15 is 0 Å². The Labute approximate surface area is 105 Å². The molecule has 1 unspecified atom stereocenters. The number of halogens is 2. The number of aliphatic hydroxyl groups is 1. The van der Waals surface area contributed by atoms with Gasteiger partial charge in [0.25, 0.3) is 0 Å². The third-order valence-corrected chi connectivity index (χ3v) is 2.70. The molecule has 0 heterocycles. The quantitative estimate of drug-likeness (QED) is 0.900. The van der Waals surface area contributed by atoms with Crippen molar-refractivity contribution in [3.63, 3.8) is 0 Å². The first-order chi connectivity index (χ1) is 6.42. The van der Waals surface area contributed by atoms with E-state index in [9.17, 15) is 5.11 Å². The molecule has 0 saturated carbocycles. The molecule has 0 fully saturated rings. The van der Waals surface area contributed by atoms with E-state index in [1.807, 2.05) is 31.2 Å². The van der Waals surface area contributed by atoms with Gasteiger partial charge in [-0.2, -0.15) is 0 Å². The van der Waals surface area contributed by atoms with Crippen molar-refractivity contribution in [3.05, 3.63) is 34.3 Å². The number of benzene rings is 1. The predicted octanol–water partition coefficient (Wildman–Crippen LogP) is 2.82. The first-order valence-electron chi connectivity index (χ1n) is 4.65. The molecule has 0 radical (unpaired) electrons. The molecule has 2 nitrogen and oxygen atoms in total. The van der Waals surface area contributed by atoms with Gasteiger partial charge in [0.1, 0.15) is 0 Å². The molecular weight excluding hydrogens is 277 g/mol. The zero-order valence-electron chi connectivity index (χ0n) is 8.90. The van der Waals surface area contributed by atoms with E-state index in [0.29, 0.717) is 6.42 Å². The Bertz CT molecular complexity index is 315. The van der Waals surface area contributed by atoms with Gasteiger partial charge in [0.15, 0.2) is 0 Å². The molecule has 4 heteroatoms. The molecule has 0 bridgehead atoms. The summed E-state index contributed by atoms with van der Waals surface area (Å²) < 4.78 is 1.01. The minimum Gasteiger partial charge on any atom is -0.393 e. The molecule has 3 N–H and O–H groups in total. The highest BCUT2D eigenvalue weighted by Crippen LogP contribution is 2.25. The smallest absolute Gasteiger partial charge is 0.0532 e. The van der Waals surface area contributed by atoms with Crippen LogP contribution in [-0.2, 0) is 5.54 Å². The molecule has 0 aromatic heterocycles. The van der Waals surface area contributed by atoms with E-state index in [2.05, 4.69) is 15.9 Å². The SMILES string of the molecule is CC(O)C[C@](C)(N)c1cccc(Br)c1.Cl. The number of nitrogens with two attached hydrogens (primary N) is 1. The van der Waals surface area contributed by atoms with E-state index in [4.69, 9.17) is 5.73 Å². The maximum absolute atomic E-state index is 9.33. The summed E-state index contributed by atoms with van der Waals surface area (Å²) in [6, 6.07) is 7.88. The second-order valence-electron chi connectivity index (χ2n) is 3.98. The third-order valence-electron chi connectivity index (χ3n) is 2.20. The highest BCUT2D eigenvalue weighted by molar-refractivity contribution is 9.10. The number of rotatable bonds is 3. The van der Waals surface area contributed by atoms with Crippen LogP contribution in [0.3, 0.4) is 0 Å². The van der Waals surface area contributed by atoms with Gasteiger partial charge in [0, 0.05) is 10.0 Å². The molecule has 0 aliphatic heterocycles. The lowest BCUT2D eigenvalue weighted by atomic mass is 9.88. The van der Waals surface area contributed by atoms with Gasteiger partial charge in [0.05, 0.1) is 6.10 Å². The molecule has 0 aliphatic rings. The molecule has 86 valence electrons. The molecule has 0 amide bonds. The number of aliphatic hydroxyl groups excluding tert-OH is 1. The average Bonchev–Trinajstić information content (AvgIpc) is 2.01. The van der Waals surface area contributed by atoms with Crippen molar-refractivity contribution in [1.82, 2.24) is 0 Å². The summed E-state index contributed by atoms with van der Waals surface area (Å²) in [4.78, 5) is 0. The van der Waals surface area contributed by atoms with Crippen LogP contribution in [0.4, 0.5) is 0 Å². The van der Waals surface area contributed by atoms with E-state index in [-0.39, 0.29) is 18.5 Å². The monoisotopic (exact) mass is 293 g/mol. The maximum Gasteiger partial charge on any atom is 0.0532 e. The first-order valence-corrected chi connectivity index (χ1v) is 5.44. The molecule has 0 aliphatic carbocycles. The van der Waals surface area contributed by atoms with Crippen LogP contribution in [0.2, 0.25) is 0 Å². The number of hydrogen-bond donors (Lipinski definition) is 2. The van der Waals surface area contributed by atoms with Crippen molar-refractivity contribution in [2.75, 3.05) is 0 Å². The molecule has 1 rings (SSSR count). The zero-order valence-corrected chi connectivity index (χ0v) is 11.3. The van der Waals surface area contributed by atoms with E-state index in [1.54, 1.807) is 6.92 Å². The van der Waals surface area contributed by atoms with Gasteiger partial charge in [0.2, 0.25) is 0 Å². The van der Waals surface area contributed by atoms with Gasteiger partial charge >= 0.3 is 0 Å². The molecule has 1 aromatic rings. The summed E-state index contributed by atoms with van der Waals surface area (Å²) in [7, 11) is 0. The van der Waals surface area contributed by atoms with Gasteiger partial charge in [-0.15, -0.1) is 12.4 Å². The topological polar surface area (TPSA) is 46.2 Å². The van der Waals surface area contributed by atoms with Crippen molar-refractivity contribution in [2.45, 2.75) is 31.9 Å². The standard InChI is InChI=1S/C11H16BrNO.ClH/c1-8(14)7-11(2,13)9-4-3-5-10(12)6-9;/h3-6,8,14H,7,13H2,1-2H3;1H/t8?,11-;/m0./s1. The first kappa shape index (κ1) is 14.9. The summed E-state index contributed by atoms with van der Waals surface area (Å²) in [6.07, 6.45) is 0.174. The van der Waals surface area contributed by atoms with Crippen LogP contribution in [0, 0.1) is 0 Å². The fraction of sp³-hybridized carbons (Fsp3) is 0.455. The van der Waals surface area contributed by atoms with Crippen molar-refractivity contribution < 1.29 is 5.11 Å².